The molecule has 2 heterocycles. The zero-order valence-electron chi connectivity index (χ0n) is 19.4. The fraction of sp³-hybridized carbons (Fsp3) is 0.400. The number of unbranched alkanes of at least 4 members (excludes halogenated alkanes) is 1. The van der Waals surface area contributed by atoms with Gasteiger partial charge in [0.1, 0.15) is 19.0 Å². The molecule has 9 heteroatoms. The largest absolute Gasteiger partial charge is 0.494 e. The van der Waals surface area contributed by atoms with Crippen molar-refractivity contribution in [1.82, 2.24) is 4.57 Å². The number of fused-ring (bicyclic) bond motifs is 2. The fourth-order valence-electron chi connectivity index (χ4n) is 3.55. The number of nitrogens with zero attached hydrogens (tertiary/aromatic N) is 2. The molecule has 0 saturated heterocycles. The monoisotopic (exact) mass is 484 g/mol. The summed E-state index contributed by atoms with van der Waals surface area (Å²) in [6.45, 7) is 6.07. The van der Waals surface area contributed by atoms with Crippen molar-refractivity contribution in [2.75, 3.05) is 26.4 Å². The quantitative estimate of drug-likeness (QED) is 0.332. The maximum absolute atomic E-state index is 13.1. The van der Waals surface area contributed by atoms with Crippen molar-refractivity contribution in [2.24, 2.45) is 4.99 Å². The first-order valence-electron chi connectivity index (χ1n) is 11.5. The zero-order valence-corrected chi connectivity index (χ0v) is 20.2. The van der Waals surface area contributed by atoms with Crippen molar-refractivity contribution in [2.45, 2.75) is 39.7 Å². The third kappa shape index (κ3) is 5.59. The number of benzene rings is 2. The molecule has 0 aliphatic carbocycles. The molecular formula is C25H28N2O6S. The van der Waals surface area contributed by atoms with Crippen LogP contribution in [0.25, 0.3) is 10.2 Å². The number of rotatable bonds is 9. The van der Waals surface area contributed by atoms with Crippen molar-refractivity contribution in [3.63, 3.8) is 0 Å². The number of aryl methyl sites for hydroxylation is 1. The molecule has 0 spiro atoms. The lowest BCUT2D eigenvalue weighted by Crippen LogP contribution is -2.20. The summed E-state index contributed by atoms with van der Waals surface area (Å²) in [5, 5.41) is 0. The SMILES string of the molecule is CCCCOc1cccc(C(=O)N=c2sc3cc4c(cc3n2CCC(=O)OCC)OCCO4)c1. The predicted molar refractivity (Wildman–Crippen MR) is 129 cm³/mol. The van der Waals surface area contributed by atoms with Crippen LogP contribution in [0.5, 0.6) is 17.2 Å². The highest BCUT2D eigenvalue weighted by Crippen LogP contribution is 2.35. The molecule has 0 unspecified atom stereocenters. The molecular weight excluding hydrogens is 456 g/mol. The third-order valence-corrected chi connectivity index (χ3v) is 6.28. The first-order chi connectivity index (χ1) is 16.6. The van der Waals surface area contributed by atoms with Gasteiger partial charge in [0.15, 0.2) is 16.3 Å². The Hall–Kier alpha value is -3.33. The normalized spacial score (nSPS) is 13.2. The molecule has 0 fully saturated rings. The van der Waals surface area contributed by atoms with Gasteiger partial charge in [-0.25, -0.2) is 0 Å². The van der Waals surface area contributed by atoms with Crippen LogP contribution in [0.15, 0.2) is 41.4 Å². The summed E-state index contributed by atoms with van der Waals surface area (Å²) in [6.07, 6.45) is 2.14. The van der Waals surface area contributed by atoms with Crippen LogP contribution in [0.2, 0.25) is 0 Å². The standard InChI is InChI=1S/C25H28N2O6S/c1-3-5-11-31-18-8-6-7-17(14-18)24(29)26-25-27(10-9-23(28)30-4-2)19-15-20-21(16-22(19)34-25)33-13-12-32-20/h6-8,14-16H,3-5,9-13H2,1-2H3. The van der Waals surface area contributed by atoms with Gasteiger partial charge < -0.3 is 23.5 Å². The lowest BCUT2D eigenvalue weighted by Gasteiger charge is -2.18. The number of hydrogen-bond acceptors (Lipinski definition) is 7. The molecule has 0 atom stereocenters. The molecule has 1 aliphatic heterocycles. The molecule has 1 aliphatic rings. The lowest BCUT2D eigenvalue weighted by atomic mass is 10.2. The number of esters is 1. The van der Waals surface area contributed by atoms with E-state index in [1.165, 1.54) is 11.3 Å². The highest BCUT2D eigenvalue weighted by molar-refractivity contribution is 7.16. The van der Waals surface area contributed by atoms with Crippen LogP contribution in [0.1, 0.15) is 43.5 Å². The Morgan fingerprint density at radius 2 is 1.91 bits per heavy atom. The minimum absolute atomic E-state index is 0.163. The smallest absolute Gasteiger partial charge is 0.307 e. The number of carbonyl (C=O) groups is 2. The van der Waals surface area contributed by atoms with Gasteiger partial charge in [0.05, 0.1) is 29.9 Å². The van der Waals surface area contributed by atoms with E-state index in [0.717, 1.165) is 23.1 Å². The Bertz CT molecular complexity index is 1250. The maximum atomic E-state index is 13.1. The van der Waals surface area contributed by atoms with E-state index in [9.17, 15) is 9.59 Å². The maximum Gasteiger partial charge on any atom is 0.307 e. The van der Waals surface area contributed by atoms with Gasteiger partial charge in [-0.1, -0.05) is 30.7 Å². The van der Waals surface area contributed by atoms with Crippen molar-refractivity contribution >= 4 is 33.4 Å². The molecule has 1 amide bonds. The van der Waals surface area contributed by atoms with Gasteiger partial charge in [-0.2, -0.15) is 4.99 Å². The molecule has 4 rings (SSSR count). The van der Waals surface area contributed by atoms with Crippen LogP contribution in [-0.4, -0.2) is 42.9 Å². The summed E-state index contributed by atoms with van der Waals surface area (Å²) in [6, 6.07) is 10.8. The topological polar surface area (TPSA) is 88.4 Å². The third-order valence-electron chi connectivity index (χ3n) is 5.24. The zero-order chi connectivity index (χ0) is 23.9. The van der Waals surface area contributed by atoms with E-state index >= 15 is 0 Å². The van der Waals surface area contributed by atoms with Crippen LogP contribution in [0.3, 0.4) is 0 Å². The number of thiazole rings is 1. The van der Waals surface area contributed by atoms with E-state index in [-0.39, 0.29) is 18.3 Å². The first kappa shape index (κ1) is 23.8. The second-order valence-corrected chi connectivity index (χ2v) is 8.71. The van der Waals surface area contributed by atoms with E-state index in [0.29, 0.717) is 60.6 Å². The molecule has 180 valence electrons. The Morgan fingerprint density at radius 3 is 2.68 bits per heavy atom. The minimum Gasteiger partial charge on any atom is -0.494 e. The molecule has 34 heavy (non-hydrogen) atoms. The summed E-state index contributed by atoms with van der Waals surface area (Å²) in [4.78, 5) is 30.0. The molecule has 0 bridgehead atoms. The lowest BCUT2D eigenvalue weighted by molar-refractivity contribution is -0.143. The van der Waals surface area contributed by atoms with Gasteiger partial charge in [0.25, 0.3) is 5.91 Å². The highest BCUT2D eigenvalue weighted by Gasteiger charge is 2.18. The number of hydrogen-bond donors (Lipinski definition) is 0. The van der Waals surface area contributed by atoms with Gasteiger partial charge in [-0.05, 0) is 31.5 Å². The van der Waals surface area contributed by atoms with E-state index in [4.69, 9.17) is 18.9 Å². The van der Waals surface area contributed by atoms with Crippen molar-refractivity contribution in [3.05, 3.63) is 46.8 Å². The van der Waals surface area contributed by atoms with Gasteiger partial charge in [-0.3, -0.25) is 9.59 Å². The molecule has 0 radical (unpaired) electrons. The second kappa shape index (κ2) is 11.2. The molecule has 2 aromatic carbocycles. The van der Waals surface area contributed by atoms with Crippen LogP contribution >= 0.6 is 11.3 Å². The average Bonchev–Trinajstić information content (AvgIpc) is 3.17. The van der Waals surface area contributed by atoms with Crippen LogP contribution in [0, 0.1) is 0 Å². The van der Waals surface area contributed by atoms with Crippen LogP contribution in [0.4, 0.5) is 0 Å². The molecule has 3 aromatic rings. The summed E-state index contributed by atoms with van der Waals surface area (Å²) >= 11 is 1.36. The summed E-state index contributed by atoms with van der Waals surface area (Å²) in [5.41, 5.74) is 1.26. The highest BCUT2D eigenvalue weighted by atomic mass is 32.1. The van der Waals surface area contributed by atoms with Gasteiger partial charge in [-0.15, -0.1) is 0 Å². The van der Waals surface area contributed by atoms with E-state index in [2.05, 4.69) is 11.9 Å². The summed E-state index contributed by atoms with van der Waals surface area (Å²) < 4.78 is 25.0. The Balaban J connectivity index is 1.69. The average molecular weight is 485 g/mol. The van der Waals surface area contributed by atoms with Crippen LogP contribution < -0.4 is 19.0 Å². The number of carbonyl (C=O) groups excluding carboxylic acids is 2. The fourth-order valence-corrected chi connectivity index (χ4v) is 4.61. The van der Waals surface area contributed by atoms with Crippen LogP contribution in [-0.2, 0) is 16.1 Å². The number of ether oxygens (including phenoxy) is 4. The predicted octanol–water partition coefficient (Wildman–Crippen LogP) is 4.35. The Kier molecular flexibility index (Phi) is 7.84. The molecule has 0 saturated carbocycles. The van der Waals surface area contributed by atoms with Crippen molar-refractivity contribution in [1.29, 1.82) is 0 Å². The number of amides is 1. The van der Waals surface area contributed by atoms with Gasteiger partial charge >= 0.3 is 5.97 Å². The van der Waals surface area contributed by atoms with Gasteiger partial charge in [0.2, 0.25) is 0 Å². The number of aromatic nitrogens is 1. The van der Waals surface area contributed by atoms with Crippen molar-refractivity contribution < 1.29 is 28.5 Å². The molecule has 0 N–H and O–H groups in total. The Labute approximate surface area is 201 Å². The van der Waals surface area contributed by atoms with E-state index in [1.54, 1.807) is 25.1 Å². The Morgan fingerprint density at radius 1 is 1.12 bits per heavy atom. The summed E-state index contributed by atoms with van der Waals surface area (Å²) in [5.74, 6) is 1.25. The van der Waals surface area contributed by atoms with E-state index < -0.39 is 0 Å². The van der Waals surface area contributed by atoms with Crippen molar-refractivity contribution in [3.8, 4) is 17.2 Å². The minimum atomic E-state index is -0.380. The van der Waals surface area contributed by atoms with Gasteiger partial charge in [0, 0.05) is 24.2 Å². The molecule has 8 nitrogen and oxygen atoms in total. The first-order valence-corrected chi connectivity index (χ1v) is 12.3. The molecule has 1 aromatic heterocycles. The summed E-state index contributed by atoms with van der Waals surface area (Å²) in [7, 11) is 0. The second-order valence-electron chi connectivity index (χ2n) is 7.70. The van der Waals surface area contributed by atoms with E-state index in [1.807, 2.05) is 22.8 Å².